The first-order valence-corrected chi connectivity index (χ1v) is 12.0. The summed E-state index contributed by atoms with van der Waals surface area (Å²) in [7, 11) is 0. The van der Waals surface area contributed by atoms with Crippen molar-refractivity contribution in [3.63, 3.8) is 0 Å². The molecule has 0 saturated heterocycles. The lowest BCUT2D eigenvalue weighted by Gasteiger charge is -2.34. The molecular weight excluding hydrogens is 452 g/mol. The average molecular weight is 488 g/mol. The molecule has 2 aromatic rings. The number of aliphatic hydroxyl groups is 1. The van der Waals surface area contributed by atoms with E-state index in [-0.39, 0.29) is 36.9 Å². The number of rotatable bonds is 9. The molecule has 0 bridgehead atoms. The minimum atomic E-state index is -1.01. The average Bonchev–Trinajstić information content (AvgIpc) is 2.75. The number of amides is 2. The van der Waals surface area contributed by atoms with Crippen molar-refractivity contribution in [2.75, 3.05) is 6.54 Å². The molecule has 2 aromatic carbocycles. The highest BCUT2D eigenvalue weighted by molar-refractivity contribution is 5.73. The molecule has 0 spiro atoms. The first kappa shape index (κ1) is 26.8. The molecule has 4 atom stereocenters. The molecule has 4 unspecified atom stereocenters. The van der Waals surface area contributed by atoms with Gasteiger partial charge in [-0.2, -0.15) is 0 Å². The van der Waals surface area contributed by atoms with E-state index in [1.54, 1.807) is 0 Å². The van der Waals surface area contributed by atoms with Crippen molar-refractivity contribution in [2.24, 2.45) is 0 Å². The summed E-state index contributed by atoms with van der Waals surface area (Å²) in [5, 5.41) is 20.1. The minimum absolute atomic E-state index is 0.0408. The van der Waals surface area contributed by atoms with Gasteiger partial charge < -0.3 is 21.1 Å². The largest absolute Gasteiger partial charge is 0.390 e. The second kappa shape index (κ2) is 11.7. The molecule has 8 heteroatoms. The predicted molar refractivity (Wildman–Crippen MR) is 131 cm³/mol. The van der Waals surface area contributed by atoms with Gasteiger partial charge in [0.2, 0.25) is 11.8 Å². The molecule has 0 heterocycles. The van der Waals surface area contributed by atoms with E-state index in [2.05, 4.69) is 48.0 Å². The molecule has 1 aliphatic carbocycles. The Morgan fingerprint density at radius 2 is 1.74 bits per heavy atom. The summed E-state index contributed by atoms with van der Waals surface area (Å²) in [6.45, 7) is 7.23. The standard InChI is InChI=1S/C27H35F2N3O3/c1-15(2)19-5-6-20-10-23(31-16(3)33)13-25(24(20)11-19)30-14-27(35)26(32-17(4)34)9-18-7-21(28)12-22(29)8-18/h5-8,11-12,15,23,25-27,30,35H,9-10,13-14H2,1-4H3,(H,31,33)(H,32,34). The van der Waals surface area contributed by atoms with Crippen LogP contribution in [0.25, 0.3) is 0 Å². The second-order valence-electron chi connectivity index (χ2n) is 9.77. The summed E-state index contributed by atoms with van der Waals surface area (Å²) in [5.41, 5.74) is 3.82. The van der Waals surface area contributed by atoms with Crippen LogP contribution in [0.5, 0.6) is 0 Å². The fourth-order valence-electron chi connectivity index (χ4n) is 4.77. The molecule has 4 N–H and O–H groups in total. The highest BCUT2D eigenvalue weighted by Crippen LogP contribution is 2.32. The molecule has 0 fully saturated rings. The van der Waals surface area contributed by atoms with Crippen LogP contribution in [0.15, 0.2) is 36.4 Å². The van der Waals surface area contributed by atoms with Crippen LogP contribution >= 0.6 is 0 Å². The first-order valence-electron chi connectivity index (χ1n) is 12.0. The quantitative estimate of drug-likeness (QED) is 0.437. The maximum absolute atomic E-state index is 13.7. The zero-order chi connectivity index (χ0) is 25.7. The van der Waals surface area contributed by atoms with E-state index in [4.69, 9.17) is 0 Å². The molecule has 35 heavy (non-hydrogen) atoms. The van der Waals surface area contributed by atoms with Gasteiger partial charge in [-0.05, 0) is 59.6 Å². The number of hydrogen-bond acceptors (Lipinski definition) is 4. The second-order valence-corrected chi connectivity index (χ2v) is 9.77. The molecule has 6 nitrogen and oxygen atoms in total. The maximum atomic E-state index is 13.7. The number of aliphatic hydroxyl groups excluding tert-OH is 1. The van der Waals surface area contributed by atoms with Gasteiger partial charge in [-0.3, -0.25) is 9.59 Å². The Morgan fingerprint density at radius 3 is 2.34 bits per heavy atom. The van der Waals surface area contributed by atoms with Crippen LogP contribution in [0.2, 0.25) is 0 Å². The van der Waals surface area contributed by atoms with Gasteiger partial charge in [-0.25, -0.2) is 8.78 Å². The molecule has 1 aliphatic rings. The lowest BCUT2D eigenvalue weighted by molar-refractivity contribution is -0.121. The van der Waals surface area contributed by atoms with E-state index in [1.165, 1.54) is 31.5 Å². The third-order valence-electron chi connectivity index (χ3n) is 6.41. The Hall–Kier alpha value is -2.84. The highest BCUT2D eigenvalue weighted by atomic mass is 19.1. The van der Waals surface area contributed by atoms with Crippen molar-refractivity contribution in [3.05, 3.63) is 70.3 Å². The van der Waals surface area contributed by atoms with Crippen molar-refractivity contribution in [1.82, 2.24) is 16.0 Å². The minimum Gasteiger partial charge on any atom is -0.390 e. The summed E-state index contributed by atoms with van der Waals surface area (Å²) < 4.78 is 27.3. The van der Waals surface area contributed by atoms with E-state index in [0.717, 1.165) is 23.6 Å². The summed E-state index contributed by atoms with van der Waals surface area (Å²) >= 11 is 0. The van der Waals surface area contributed by atoms with Crippen LogP contribution in [0.3, 0.4) is 0 Å². The monoisotopic (exact) mass is 487 g/mol. The lowest BCUT2D eigenvalue weighted by Crippen LogP contribution is -2.49. The van der Waals surface area contributed by atoms with Crippen molar-refractivity contribution in [1.29, 1.82) is 0 Å². The number of benzene rings is 2. The van der Waals surface area contributed by atoms with Crippen LogP contribution in [0, 0.1) is 11.6 Å². The summed E-state index contributed by atoms with van der Waals surface area (Å²) in [5.74, 6) is -1.50. The lowest BCUT2D eigenvalue weighted by atomic mass is 9.82. The van der Waals surface area contributed by atoms with Gasteiger partial charge in [-0.1, -0.05) is 32.0 Å². The van der Waals surface area contributed by atoms with E-state index in [9.17, 15) is 23.5 Å². The third kappa shape index (κ3) is 7.57. The smallest absolute Gasteiger partial charge is 0.217 e. The molecule has 0 radical (unpaired) electrons. The van der Waals surface area contributed by atoms with Gasteiger partial charge in [0, 0.05) is 38.5 Å². The summed E-state index contributed by atoms with van der Waals surface area (Å²) in [6, 6.07) is 8.66. The fraction of sp³-hybridized carbons (Fsp3) is 0.481. The van der Waals surface area contributed by atoms with Crippen molar-refractivity contribution >= 4 is 11.8 Å². The SMILES string of the molecule is CC(=O)NC1Cc2ccc(C(C)C)cc2C(NCC(O)C(Cc2cc(F)cc(F)c2)NC(C)=O)C1. The predicted octanol–water partition coefficient (Wildman–Crippen LogP) is 3.28. The Morgan fingerprint density at radius 1 is 1.06 bits per heavy atom. The molecule has 3 rings (SSSR count). The van der Waals surface area contributed by atoms with Gasteiger partial charge in [0.05, 0.1) is 12.1 Å². The molecule has 0 aliphatic heterocycles. The maximum Gasteiger partial charge on any atom is 0.217 e. The summed E-state index contributed by atoms with van der Waals surface area (Å²) in [4.78, 5) is 23.5. The van der Waals surface area contributed by atoms with Crippen LogP contribution in [-0.4, -0.2) is 41.7 Å². The van der Waals surface area contributed by atoms with Gasteiger partial charge in [-0.15, -0.1) is 0 Å². The zero-order valence-electron chi connectivity index (χ0n) is 20.7. The van der Waals surface area contributed by atoms with Gasteiger partial charge >= 0.3 is 0 Å². The van der Waals surface area contributed by atoms with Gasteiger partial charge in [0.1, 0.15) is 11.6 Å². The van der Waals surface area contributed by atoms with E-state index >= 15 is 0 Å². The van der Waals surface area contributed by atoms with Crippen LogP contribution < -0.4 is 16.0 Å². The van der Waals surface area contributed by atoms with Crippen molar-refractivity contribution < 1.29 is 23.5 Å². The number of hydrogen-bond donors (Lipinski definition) is 4. The molecule has 0 aromatic heterocycles. The van der Waals surface area contributed by atoms with Gasteiger partial charge in [0.15, 0.2) is 0 Å². The molecular formula is C27H35F2N3O3. The topological polar surface area (TPSA) is 90.5 Å². The number of halogens is 2. The molecule has 0 saturated carbocycles. The highest BCUT2D eigenvalue weighted by Gasteiger charge is 2.29. The van der Waals surface area contributed by atoms with Crippen molar-refractivity contribution in [3.8, 4) is 0 Å². The number of nitrogens with one attached hydrogen (secondary N) is 3. The fourth-order valence-corrected chi connectivity index (χ4v) is 4.77. The normalized spacial score (nSPS) is 19.1. The van der Waals surface area contributed by atoms with Crippen molar-refractivity contribution in [2.45, 2.75) is 77.1 Å². The van der Waals surface area contributed by atoms with Crippen LogP contribution in [-0.2, 0) is 22.4 Å². The van der Waals surface area contributed by atoms with E-state index in [0.29, 0.717) is 17.9 Å². The Balaban J connectivity index is 1.78. The first-order chi connectivity index (χ1) is 16.5. The number of carbonyl (C=O) groups is 2. The Bertz CT molecular complexity index is 1040. The van der Waals surface area contributed by atoms with Crippen LogP contribution in [0.1, 0.15) is 68.3 Å². The summed E-state index contributed by atoms with van der Waals surface area (Å²) in [6.07, 6.45) is 0.446. The number of fused-ring (bicyclic) bond motifs is 1. The van der Waals surface area contributed by atoms with E-state index < -0.39 is 23.8 Å². The van der Waals surface area contributed by atoms with Crippen LogP contribution in [0.4, 0.5) is 8.78 Å². The third-order valence-corrected chi connectivity index (χ3v) is 6.41. The number of carbonyl (C=O) groups excluding carboxylic acids is 2. The Labute approximate surface area is 205 Å². The Kier molecular flexibility index (Phi) is 8.97. The zero-order valence-corrected chi connectivity index (χ0v) is 20.7. The van der Waals surface area contributed by atoms with E-state index in [1.807, 2.05) is 0 Å². The molecule has 2 amide bonds. The molecule has 190 valence electrons. The van der Waals surface area contributed by atoms with Gasteiger partial charge in [0.25, 0.3) is 0 Å².